The van der Waals surface area contributed by atoms with Crippen LogP contribution in [0.4, 0.5) is 0 Å². The van der Waals surface area contributed by atoms with Crippen molar-refractivity contribution < 1.29 is 32.3 Å². The predicted molar refractivity (Wildman–Crippen MR) is 136 cm³/mol. The molecule has 0 radical (unpaired) electrons. The zero-order valence-electron chi connectivity index (χ0n) is 20.7. The van der Waals surface area contributed by atoms with Crippen LogP contribution in [0.1, 0.15) is 28.8 Å². The highest BCUT2D eigenvalue weighted by Gasteiger charge is 2.33. The van der Waals surface area contributed by atoms with Gasteiger partial charge < -0.3 is 14.0 Å². The largest absolute Gasteiger partial charge is 0.468 e. The Morgan fingerprint density at radius 3 is 2.49 bits per heavy atom. The fraction of sp³-hybridized carbons (Fsp3) is 0.360. The van der Waals surface area contributed by atoms with E-state index in [0.717, 1.165) is 16.9 Å². The van der Waals surface area contributed by atoms with Crippen molar-refractivity contribution in [2.45, 2.75) is 31.2 Å². The van der Waals surface area contributed by atoms with Gasteiger partial charge in [0.25, 0.3) is 5.91 Å². The van der Waals surface area contributed by atoms with E-state index in [1.807, 2.05) is 6.92 Å². The quantitative estimate of drug-likeness (QED) is 0.436. The number of benzene rings is 2. The molecule has 4 rings (SSSR count). The van der Waals surface area contributed by atoms with Crippen LogP contribution >= 0.6 is 11.3 Å². The zero-order chi connectivity index (χ0) is 26.7. The van der Waals surface area contributed by atoms with Gasteiger partial charge in [-0.2, -0.15) is 9.30 Å². The average Bonchev–Trinajstić information content (AvgIpc) is 3.24. The fourth-order valence-corrected chi connectivity index (χ4v) is 6.75. The number of hydrogen-bond donors (Lipinski definition) is 0. The molecule has 1 aromatic heterocycles. The molecule has 0 saturated carbocycles. The molecule has 1 amide bonds. The summed E-state index contributed by atoms with van der Waals surface area (Å²) >= 11 is 1.14. The first kappa shape index (κ1) is 26.7. The standard InChI is InChI=1S/C25H27N3O7S2/c1-16-6-9-19(10-7-16)37(32,33)27-12-4-5-18(14-27)23(30)26-25-28(15-22(29)34-2)20-11-8-17(24(31)35-3)13-21(20)36-25/h6-11,13,18H,4-5,12,14-15H2,1-3H3. The molecule has 2 heterocycles. The maximum Gasteiger partial charge on any atom is 0.337 e. The number of esters is 2. The Morgan fingerprint density at radius 1 is 1.08 bits per heavy atom. The summed E-state index contributed by atoms with van der Waals surface area (Å²) in [4.78, 5) is 42.0. The topological polar surface area (TPSA) is 124 Å². The summed E-state index contributed by atoms with van der Waals surface area (Å²) in [6.45, 7) is 2.04. The van der Waals surface area contributed by atoms with Gasteiger partial charge in [-0.05, 0) is 50.1 Å². The Bertz CT molecular complexity index is 1520. The molecule has 0 N–H and O–H groups in total. The lowest BCUT2D eigenvalue weighted by molar-refractivity contribution is -0.141. The lowest BCUT2D eigenvalue weighted by atomic mass is 9.99. The Kier molecular flexibility index (Phi) is 7.90. The normalized spacial score (nSPS) is 17.1. The summed E-state index contributed by atoms with van der Waals surface area (Å²) in [6, 6.07) is 11.4. The number of carbonyl (C=O) groups is 3. The van der Waals surface area contributed by atoms with Crippen molar-refractivity contribution in [2.24, 2.45) is 10.9 Å². The van der Waals surface area contributed by atoms with Gasteiger partial charge in [0.1, 0.15) is 6.54 Å². The van der Waals surface area contributed by atoms with E-state index in [1.165, 1.54) is 18.5 Å². The van der Waals surface area contributed by atoms with E-state index >= 15 is 0 Å². The van der Waals surface area contributed by atoms with Crippen molar-refractivity contribution >= 4 is 49.4 Å². The molecule has 1 aliphatic rings. The zero-order valence-corrected chi connectivity index (χ0v) is 22.3. The first-order valence-electron chi connectivity index (χ1n) is 11.6. The Balaban J connectivity index is 1.67. The second kappa shape index (κ2) is 11.0. The molecule has 0 bridgehead atoms. The lowest BCUT2D eigenvalue weighted by Crippen LogP contribution is -2.42. The molecule has 10 nitrogen and oxygen atoms in total. The van der Waals surface area contributed by atoms with Gasteiger partial charge in [0.05, 0.1) is 40.8 Å². The van der Waals surface area contributed by atoms with Crippen LogP contribution in [0, 0.1) is 12.8 Å². The molecule has 1 aliphatic heterocycles. The third-order valence-corrected chi connectivity index (χ3v) is 9.14. The molecule has 196 valence electrons. The molecule has 37 heavy (non-hydrogen) atoms. The molecule has 1 unspecified atom stereocenters. The Hall–Kier alpha value is -3.35. The molecule has 1 fully saturated rings. The van der Waals surface area contributed by atoms with E-state index in [4.69, 9.17) is 9.47 Å². The predicted octanol–water partition coefficient (Wildman–Crippen LogP) is 2.50. The number of carbonyl (C=O) groups excluding carboxylic acids is 3. The van der Waals surface area contributed by atoms with Gasteiger partial charge in [-0.15, -0.1) is 0 Å². The number of piperidine rings is 1. The molecule has 2 aromatic carbocycles. The van der Waals surface area contributed by atoms with Crippen LogP contribution in [0.5, 0.6) is 0 Å². The molecule has 0 spiro atoms. The van der Waals surface area contributed by atoms with Crippen LogP contribution in [-0.2, 0) is 35.6 Å². The average molecular weight is 546 g/mol. The summed E-state index contributed by atoms with van der Waals surface area (Å²) in [5.74, 6) is -2.14. The van der Waals surface area contributed by atoms with Gasteiger partial charge in [0, 0.05) is 13.1 Å². The molecule has 3 aromatic rings. The second-order valence-electron chi connectivity index (χ2n) is 8.69. The van der Waals surface area contributed by atoms with Crippen LogP contribution in [0.25, 0.3) is 10.2 Å². The highest BCUT2D eigenvalue weighted by Crippen LogP contribution is 2.25. The first-order chi connectivity index (χ1) is 17.6. The van der Waals surface area contributed by atoms with E-state index in [-0.39, 0.29) is 22.8 Å². The van der Waals surface area contributed by atoms with Crippen molar-refractivity contribution in [1.29, 1.82) is 0 Å². The van der Waals surface area contributed by atoms with E-state index in [1.54, 1.807) is 47.0 Å². The molecular formula is C25H27N3O7S2. The molecule has 1 atom stereocenters. The number of nitrogens with zero attached hydrogens (tertiary/aromatic N) is 3. The number of hydrogen-bond acceptors (Lipinski definition) is 8. The number of amides is 1. The van der Waals surface area contributed by atoms with Crippen molar-refractivity contribution in [1.82, 2.24) is 8.87 Å². The van der Waals surface area contributed by atoms with Crippen LogP contribution in [0.15, 0.2) is 52.4 Å². The molecule has 12 heteroatoms. The summed E-state index contributed by atoms with van der Waals surface area (Å²) < 4.78 is 39.4. The fourth-order valence-electron chi connectivity index (χ4n) is 4.16. The van der Waals surface area contributed by atoms with Gasteiger partial charge in [-0.3, -0.25) is 9.59 Å². The number of aromatic nitrogens is 1. The highest BCUT2D eigenvalue weighted by atomic mass is 32.2. The number of ether oxygens (including phenoxy) is 2. The first-order valence-corrected chi connectivity index (χ1v) is 13.8. The van der Waals surface area contributed by atoms with Crippen molar-refractivity contribution in [3.8, 4) is 0 Å². The number of aryl methyl sites for hydroxylation is 1. The van der Waals surface area contributed by atoms with Crippen LogP contribution in [-0.4, -0.2) is 62.4 Å². The number of fused-ring (bicyclic) bond motifs is 1. The Morgan fingerprint density at radius 2 is 1.81 bits per heavy atom. The number of rotatable bonds is 6. The third kappa shape index (κ3) is 5.65. The summed E-state index contributed by atoms with van der Waals surface area (Å²) in [5, 5.41) is 0. The van der Waals surface area contributed by atoms with Crippen molar-refractivity contribution in [3.63, 3.8) is 0 Å². The van der Waals surface area contributed by atoms with Crippen molar-refractivity contribution in [3.05, 3.63) is 58.4 Å². The number of sulfonamides is 1. The van der Waals surface area contributed by atoms with Crippen LogP contribution in [0.2, 0.25) is 0 Å². The second-order valence-corrected chi connectivity index (χ2v) is 11.6. The van der Waals surface area contributed by atoms with Gasteiger partial charge in [-0.1, -0.05) is 29.0 Å². The minimum Gasteiger partial charge on any atom is -0.468 e. The van der Waals surface area contributed by atoms with Gasteiger partial charge in [0.2, 0.25) is 10.0 Å². The van der Waals surface area contributed by atoms with E-state index < -0.39 is 33.8 Å². The van der Waals surface area contributed by atoms with Crippen molar-refractivity contribution in [2.75, 3.05) is 27.3 Å². The van der Waals surface area contributed by atoms with E-state index in [9.17, 15) is 22.8 Å². The summed E-state index contributed by atoms with van der Waals surface area (Å²) in [5.41, 5.74) is 1.87. The van der Waals surface area contributed by atoms with Crippen LogP contribution < -0.4 is 4.80 Å². The molecular weight excluding hydrogens is 518 g/mol. The Labute approximate surface area is 218 Å². The maximum absolute atomic E-state index is 13.2. The summed E-state index contributed by atoms with van der Waals surface area (Å²) in [7, 11) is -1.20. The number of methoxy groups -OCH3 is 2. The smallest absolute Gasteiger partial charge is 0.337 e. The van der Waals surface area contributed by atoms with E-state index in [2.05, 4.69) is 4.99 Å². The lowest BCUT2D eigenvalue weighted by Gasteiger charge is -2.30. The van der Waals surface area contributed by atoms with Gasteiger partial charge >= 0.3 is 11.9 Å². The third-order valence-electron chi connectivity index (χ3n) is 6.22. The summed E-state index contributed by atoms with van der Waals surface area (Å²) in [6.07, 6.45) is 1.02. The maximum atomic E-state index is 13.2. The SMILES string of the molecule is COC(=O)Cn1c(=NC(=O)C2CCCN(S(=O)(=O)c3ccc(C)cc3)C2)sc2cc(C(=O)OC)ccc21. The minimum atomic E-state index is -3.75. The molecule has 0 aliphatic carbocycles. The highest BCUT2D eigenvalue weighted by molar-refractivity contribution is 7.89. The monoisotopic (exact) mass is 545 g/mol. The van der Waals surface area contributed by atoms with Crippen LogP contribution in [0.3, 0.4) is 0 Å². The molecule has 1 saturated heterocycles. The van der Waals surface area contributed by atoms with Gasteiger partial charge in [0.15, 0.2) is 4.80 Å². The van der Waals surface area contributed by atoms with Gasteiger partial charge in [-0.25, -0.2) is 13.2 Å². The number of thiazole rings is 1. The minimum absolute atomic E-state index is 0.0208. The van der Waals surface area contributed by atoms with E-state index in [0.29, 0.717) is 35.2 Å².